The summed E-state index contributed by atoms with van der Waals surface area (Å²) in [7, 11) is -5.91. The van der Waals surface area contributed by atoms with Crippen molar-refractivity contribution < 1.29 is 46.6 Å². The van der Waals surface area contributed by atoms with E-state index >= 15 is 0 Å². The maximum atomic E-state index is 12.7. The summed E-state index contributed by atoms with van der Waals surface area (Å²) in [5.41, 5.74) is 1.14. The minimum absolute atomic E-state index is 0.0139. The van der Waals surface area contributed by atoms with E-state index in [0.717, 1.165) is 16.9 Å². The number of amides is 1. The second-order valence-corrected chi connectivity index (χ2v) is 47.1. The van der Waals surface area contributed by atoms with Crippen LogP contribution < -0.4 is 5.32 Å². The van der Waals surface area contributed by atoms with E-state index in [1.54, 1.807) is 21.6 Å². The molecule has 1 saturated heterocycles. The third kappa shape index (κ3) is 20.0. The number of ether oxygens (including phenoxy) is 4. The molecule has 1 heterocycles. The summed E-state index contributed by atoms with van der Waals surface area (Å²) in [6.07, 6.45) is -0.815. The summed E-state index contributed by atoms with van der Waals surface area (Å²) in [4.78, 5) is 13.9. The topological polar surface area (TPSA) is 123 Å². The first-order chi connectivity index (χ1) is 30.4. The molecule has 0 saturated carbocycles. The lowest BCUT2D eigenvalue weighted by atomic mass is 9.99. The zero-order valence-corrected chi connectivity index (χ0v) is 52.0. The highest BCUT2D eigenvalue weighted by atomic mass is 33.1. The molecule has 0 spiro atoms. The van der Waals surface area contributed by atoms with Crippen molar-refractivity contribution in [2.45, 2.75) is 229 Å². The van der Waals surface area contributed by atoms with E-state index in [4.69, 9.17) is 36.7 Å². The molecular weight excluding hydrogens is 951 g/mol. The monoisotopic (exact) mass is 1050 g/mol. The first kappa shape index (κ1) is 63.0. The minimum Gasteiger partial charge on any atom is -0.414 e. The van der Waals surface area contributed by atoms with E-state index in [2.05, 4.69) is 167 Å². The van der Waals surface area contributed by atoms with Gasteiger partial charge < -0.3 is 47.1 Å². The van der Waals surface area contributed by atoms with Gasteiger partial charge in [0, 0.05) is 29.2 Å². The van der Waals surface area contributed by atoms with Gasteiger partial charge in [-0.15, -0.1) is 0 Å². The Morgan fingerprint density at radius 2 is 1.13 bits per heavy atom. The van der Waals surface area contributed by atoms with Crippen LogP contribution in [0.2, 0.25) is 72.5 Å². The van der Waals surface area contributed by atoms with Gasteiger partial charge in [-0.25, -0.2) is 0 Å². The van der Waals surface area contributed by atoms with Gasteiger partial charge in [0.05, 0.1) is 39.6 Å². The summed E-state index contributed by atoms with van der Waals surface area (Å²) in [5.74, 6) is 0.0146. The Hall–Kier alpha value is -0.102. The summed E-state index contributed by atoms with van der Waals surface area (Å²) in [6.45, 7) is 52.7. The number of aliphatic hydroxyl groups excluding tert-OH is 1. The predicted molar refractivity (Wildman–Crippen MR) is 293 cm³/mol. The van der Waals surface area contributed by atoms with Crippen LogP contribution in [0.25, 0.3) is 0 Å². The molecule has 1 fully saturated rings. The number of hydrogen-bond acceptors (Lipinski definition) is 12. The van der Waals surface area contributed by atoms with E-state index < -0.39 is 64.0 Å². The Morgan fingerprint density at radius 3 is 1.66 bits per heavy atom. The van der Waals surface area contributed by atoms with Gasteiger partial charge in [0.25, 0.3) is 0 Å². The van der Waals surface area contributed by atoms with Crippen molar-refractivity contribution in [2.75, 3.05) is 52.8 Å². The molecule has 1 aromatic carbocycles. The van der Waals surface area contributed by atoms with Gasteiger partial charge >= 0.3 is 0 Å². The maximum Gasteiger partial charge on any atom is 0.220 e. The van der Waals surface area contributed by atoms with Crippen molar-refractivity contribution >= 4 is 60.8 Å². The van der Waals surface area contributed by atoms with E-state index in [-0.39, 0.29) is 44.0 Å². The predicted octanol–water partition coefficient (Wildman–Crippen LogP) is 12.6. The quantitative estimate of drug-likeness (QED) is 0.0495. The van der Waals surface area contributed by atoms with Gasteiger partial charge in [-0.05, 0) is 111 Å². The van der Waals surface area contributed by atoms with Crippen LogP contribution in [0.1, 0.15) is 115 Å². The summed E-state index contributed by atoms with van der Waals surface area (Å²) in [6, 6.07) is 8.16. The molecule has 0 radical (unpaired) electrons. The van der Waals surface area contributed by atoms with E-state index in [1.165, 1.54) is 0 Å². The lowest BCUT2D eigenvalue weighted by Crippen LogP contribution is -2.68. The van der Waals surface area contributed by atoms with Crippen LogP contribution in [0.15, 0.2) is 29.2 Å². The number of hydrogen-bond donors (Lipinski definition) is 2. The molecule has 1 aliphatic heterocycles. The molecule has 392 valence electrons. The molecule has 1 aromatic rings. The number of carbonyl (C=O) groups is 1. The Morgan fingerprint density at radius 1 is 0.657 bits per heavy atom. The van der Waals surface area contributed by atoms with Crippen molar-refractivity contribution in [2.24, 2.45) is 0 Å². The molecule has 2 rings (SSSR count). The first-order valence-electron chi connectivity index (χ1n) is 24.8. The zero-order valence-electron chi connectivity index (χ0n) is 46.4. The van der Waals surface area contributed by atoms with Crippen molar-refractivity contribution in [1.29, 1.82) is 0 Å². The third-order valence-electron chi connectivity index (χ3n) is 14.8. The smallest absolute Gasteiger partial charge is 0.220 e. The van der Waals surface area contributed by atoms with E-state index in [1.807, 2.05) is 12.1 Å². The molecule has 5 atom stereocenters. The van der Waals surface area contributed by atoms with Gasteiger partial charge in [0.1, 0.15) is 24.4 Å². The van der Waals surface area contributed by atoms with Crippen molar-refractivity contribution in [3.05, 3.63) is 29.8 Å². The SMILES string of the molecule is CC(C)(CCC(=O)NCCOCCOCCOC1OC(CO[Si](C)(C)C(C)(C)C)C(O[Si](C)(C)C(C)(C)C)C(O[Si](C)(C)C(C)(C)C)C1O[Si](C)(C)C(C)(C)C)SSc1ccccc1CCO. The van der Waals surface area contributed by atoms with Crippen LogP contribution in [-0.4, -0.2) is 133 Å². The van der Waals surface area contributed by atoms with Gasteiger partial charge in [0.15, 0.2) is 39.6 Å². The second-order valence-electron chi connectivity index (χ2n) is 25.1. The number of nitrogens with one attached hydrogen (secondary N) is 1. The van der Waals surface area contributed by atoms with Gasteiger partial charge in [-0.2, -0.15) is 0 Å². The summed E-state index contributed by atoms with van der Waals surface area (Å²) in [5, 5.41) is 12.2. The molecule has 5 unspecified atom stereocenters. The maximum absolute atomic E-state index is 12.7. The van der Waals surface area contributed by atoms with Crippen LogP contribution in [-0.2, 0) is 47.9 Å². The first-order valence-corrected chi connectivity index (χ1v) is 38.6. The standard InChI is InChI=1S/C50H99NO10S2Si4/c1-46(2,3)64(15,16)57-37-39-42(59-65(17,18)47(4,5)6)43(60-66(19,20)48(7,8)9)44(61-67(21,22)49(10,11)12)45(58-39)56-36-35-55-34-33-54-32-30-51-41(53)27-29-50(13,14)63-62-40-26-24-23-25-38(40)28-31-52/h23-26,39,42-45,52H,27-37H2,1-22H3,(H,51,53). The molecular formula is C50H99NO10S2Si4. The van der Waals surface area contributed by atoms with Crippen LogP contribution in [0.5, 0.6) is 0 Å². The van der Waals surface area contributed by atoms with Gasteiger partial charge in [0.2, 0.25) is 5.91 Å². The Kier molecular flexibility index (Phi) is 24.2. The number of rotatable bonds is 27. The summed E-state index contributed by atoms with van der Waals surface area (Å²) >= 11 is 0. The molecule has 1 aliphatic rings. The molecule has 0 aromatic heterocycles. The highest BCUT2D eigenvalue weighted by Gasteiger charge is 2.57. The van der Waals surface area contributed by atoms with Crippen molar-refractivity contribution in [1.82, 2.24) is 5.32 Å². The summed E-state index contributed by atoms with van der Waals surface area (Å²) < 4.78 is 55.0. The lowest BCUT2D eigenvalue weighted by Gasteiger charge is -2.54. The molecule has 0 bridgehead atoms. The molecule has 2 N–H and O–H groups in total. The molecule has 1 amide bonds. The highest BCUT2D eigenvalue weighted by Crippen LogP contribution is 2.47. The largest absolute Gasteiger partial charge is 0.414 e. The molecule has 11 nitrogen and oxygen atoms in total. The van der Waals surface area contributed by atoms with Crippen LogP contribution in [0.4, 0.5) is 0 Å². The normalized spacial score (nSPS) is 20.9. The molecule has 0 aliphatic carbocycles. The molecule has 67 heavy (non-hydrogen) atoms. The fourth-order valence-electron chi connectivity index (χ4n) is 6.03. The van der Waals surface area contributed by atoms with E-state index in [0.29, 0.717) is 52.4 Å². The third-order valence-corrected chi connectivity index (χ3v) is 36.2. The van der Waals surface area contributed by atoms with Crippen molar-refractivity contribution in [3.8, 4) is 0 Å². The number of benzene rings is 1. The van der Waals surface area contributed by atoms with Crippen LogP contribution >= 0.6 is 21.6 Å². The fourth-order valence-corrected chi connectivity index (χ4v) is 13.5. The minimum atomic E-state index is -2.41. The molecule has 17 heteroatoms. The highest BCUT2D eigenvalue weighted by molar-refractivity contribution is 8.77. The van der Waals surface area contributed by atoms with Gasteiger partial charge in [-0.1, -0.05) is 123 Å². The Bertz CT molecular complexity index is 1640. The lowest BCUT2D eigenvalue weighted by molar-refractivity contribution is -0.293. The average molecular weight is 1050 g/mol. The van der Waals surface area contributed by atoms with Gasteiger partial charge in [-0.3, -0.25) is 4.79 Å². The van der Waals surface area contributed by atoms with E-state index in [9.17, 15) is 9.90 Å². The fraction of sp³-hybridized carbons (Fsp3) is 0.860. The zero-order chi connectivity index (χ0) is 51.5. The van der Waals surface area contributed by atoms with Crippen LogP contribution in [0.3, 0.4) is 0 Å². The van der Waals surface area contributed by atoms with Crippen LogP contribution in [0, 0.1) is 0 Å². The number of carbonyl (C=O) groups excluding carboxylic acids is 1. The average Bonchev–Trinajstić information content (AvgIpc) is 3.17. The Balaban J connectivity index is 2.16. The second kappa shape index (κ2) is 25.7. The number of aliphatic hydroxyl groups is 1. The van der Waals surface area contributed by atoms with Crippen molar-refractivity contribution in [3.63, 3.8) is 0 Å². The Labute approximate surface area is 422 Å².